The summed E-state index contributed by atoms with van der Waals surface area (Å²) in [5.74, 6) is 0.983. The van der Waals surface area contributed by atoms with Crippen LogP contribution in [0, 0.1) is 6.92 Å². The van der Waals surface area contributed by atoms with Gasteiger partial charge < -0.3 is 5.73 Å². The van der Waals surface area contributed by atoms with Gasteiger partial charge in [-0.1, -0.05) is 29.8 Å². The summed E-state index contributed by atoms with van der Waals surface area (Å²) in [5.41, 5.74) is 8.87. The van der Waals surface area contributed by atoms with E-state index in [2.05, 4.69) is 55.1 Å². The molecule has 0 bridgehead atoms. The number of benzene rings is 1. The molecular weight excluding hydrogens is 248 g/mol. The summed E-state index contributed by atoms with van der Waals surface area (Å²) in [6.45, 7) is 6.32. The fourth-order valence-electron chi connectivity index (χ4n) is 2.29. The van der Waals surface area contributed by atoms with Crippen LogP contribution in [0.2, 0.25) is 0 Å². The minimum Gasteiger partial charge on any atom is -0.327 e. The molecule has 0 amide bonds. The van der Waals surface area contributed by atoms with Crippen LogP contribution in [-0.2, 0) is 12.8 Å². The largest absolute Gasteiger partial charge is 0.327 e. The summed E-state index contributed by atoms with van der Waals surface area (Å²) in [6, 6.07) is 9.11. The molecular formula is C16H24N4. The molecule has 2 rings (SSSR count). The van der Waals surface area contributed by atoms with E-state index < -0.39 is 0 Å². The van der Waals surface area contributed by atoms with Gasteiger partial charge in [-0.15, -0.1) is 0 Å². The number of rotatable bonds is 6. The van der Waals surface area contributed by atoms with Crippen LogP contribution in [-0.4, -0.2) is 20.8 Å². The van der Waals surface area contributed by atoms with E-state index in [1.807, 2.05) is 4.68 Å². The lowest BCUT2D eigenvalue weighted by Gasteiger charge is -2.14. The summed E-state index contributed by atoms with van der Waals surface area (Å²) >= 11 is 0. The van der Waals surface area contributed by atoms with E-state index in [1.165, 1.54) is 11.1 Å². The zero-order valence-electron chi connectivity index (χ0n) is 12.6. The fraction of sp³-hybridized carbons (Fsp3) is 0.500. The summed E-state index contributed by atoms with van der Waals surface area (Å²) in [4.78, 5) is 4.32. The Kier molecular flexibility index (Phi) is 4.90. The Morgan fingerprint density at radius 2 is 1.90 bits per heavy atom. The third kappa shape index (κ3) is 3.90. The van der Waals surface area contributed by atoms with Crippen LogP contribution in [0.15, 0.2) is 30.6 Å². The quantitative estimate of drug-likeness (QED) is 0.879. The van der Waals surface area contributed by atoms with E-state index in [-0.39, 0.29) is 6.04 Å². The van der Waals surface area contributed by atoms with Crippen molar-refractivity contribution in [3.8, 4) is 0 Å². The van der Waals surface area contributed by atoms with Gasteiger partial charge in [0.1, 0.15) is 12.2 Å². The lowest BCUT2D eigenvalue weighted by atomic mass is 10.0. The van der Waals surface area contributed by atoms with Crippen LogP contribution in [0.3, 0.4) is 0 Å². The number of aromatic nitrogens is 3. The smallest absolute Gasteiger partial charge is 0.138 e. The predicted molar refractivity (Wildman–Crippen MR) is 81.6 cm³/mol. The maximum absolute atomic E-state index is 6.23. The molecule has 0 spiro atoms. The average molecular weight is 272 g/mol. The van der Waals surface area contributed by atoms with Crippen LogP contribution in [0.4, 0.5) is 0 Å². The standard InChI is InChI=1S/C16H24N4/c1-12(2)20-16(18-11-19-20)10-15(17)9-8-14-6-4-13(3)5-7-14/h4-7,11-12,15H,8-10,17H2,1-3H3. The summed E-state index contributed by atoms with van der Waals surface area (Å²) in [7, 11) is 0. The minimum absolute atomic E-state index is 0.123. The number of nitrogens with two attached hydrogens (primary N) is 1. The van der Waals surface area contributed by atoms with Gasteiger partial charge in [0.25, 0.3) is 0 Å². The predicted octanol–water partition coefficient (Wildman–Crippen LogP) is 2.67. The van der Waals surface area contributed by atoms with Gasteiger partial charge in [0, 0.05) is 18.5 Å². The number of aryl methyl sites for hydroxylation is 2. The molecule has 4 nitrogen and oxygen atoms in total. The summed E-state index contributed by atoms with van der Waals surface area (Å²) in [5, 5.41) is 4.25. The highest BCUT2D eigenvalue weighted by molar-refractivity contribution is 5.21. The Morgan fingerprint density at radius 3 is 2.55 bits per heavy atom. The summed E-state index contributed by atoms with van der Waals surface area (Å²) < 4.78 is 1.95. The van der Waals surface area contributed by atoms with Crippen molar-refractivity contribution in [1.82, 2.24) is 14.8 Å². The third-order valence-electron chi connectivity index (χ3n) is 3.51. The second-order valence-corrected chi connectivity index (χ2v) is 5.70. The van der Waals surface area contributed by atoms with Crippen LogP contribution in [0.25, 0.3) is 0 Å². The molecule has 1 atom stereocenters. The van der Waals surface area contributed by atoms with Gasteiger partial charge in [-0.3, -0.25) is 0 Å². The van der Waals surface area contributed by atoms with E-state index in [0.717, 1.165) is 25.1 Å². The number of hydrogen-bond donors (Lipinski definition) is 1. The Balaban J connectivity index is 1.87. The lowest BCUT2D eigenvalue weighted by Crippen LogP contribution is -2.26. The highest BCUT2D eigenvalue weighted by Gasteiger charge is 2.12. The molecule has 1 unspecified atom stereocenters. The van der Waals surface area contributed by atoms with Gasteiger partial charge in [-0.05, 0) is 39.2 Å². The van der Waals surface area contributed by atoms with Gasteiger partial charge >= 0.3 is 0 Å². The summed E-state index contributed by atoms with van der Waals surface area (Å²) in [6.07, 6.45) is 4.37. The van der Waals surface area contributed by atoms with Gasteiger partial charge in [0.15, 0.2) is 0 Å². The van der Waals surface area contributed by atoms with E-state index in [1.54, 1.807) is 6.33 Å². The van der Waals surface area contributed by atoms with Crippen LogP contribution in [0.1, 0.15) is 43.3 Å². The van der Waals surface area contributed by atoms with Crippen molar-refractivity contribution in [2.45, 2.75) is 52.1 Å². The molecule has 0 fully saturated rings. The fourth-order valence-corrected chi connectivity index (χ4v) is 2.29. The molecule has 4 heteroatoms. The Morgan fingerprint density at radius 1 is 1.20 bits per heavy atom. The van der Waals surface area contributed by atoms with Crippen molar-refractivity contribution >= 4 is 0 Å². The molecule has 0 aliphatic carbocycles. The Hall–Kier alpha value is -1.68. The van der Waals surface area contributed by atoms with Crippen molar-refractivity contribution in [2.24, 2.45) is 5.73 Å². The molecule has 1 heterocycles. The zero-order valence-corrected chi connectivity index (χ0v) is 12.6. The first-order valence-corrected chi connectivity index (χ1v) is 7.25. The average Bonchev–Trinajstić information content (AvgIpc) is 2.86. The van der Waals surface area contributed by atoms with Gasteiger partial charge in [0.05, 0.1) is 0 Å². The van der Waals surface area contributed by atoms with Crippen molar-refractivity contribution in [3.63, 3.8) is 0 Å². The van der Waals surface area contributed by atoms with Crippen LogP contribution >= 0.6 is 0 Å². The molecule has 0 aliphatic rings. The molecule has 1 aromatic carbocycles. The first kappa shape index (κ1) is 14.7. The van der Waals surface area contributed by atoms with Crippen LogP contribution in [0.5, 0.6) is 0 Å². The van der Waals surface area contributed by atoms with Gasteiger partial charge in [-0.25, -0.2) is 9.67 Å². The first-order chi connectivity index (χ1) is 9.56. The molecule has 0 saturated carbocycles. The minimum atomic E-state index is 0.123. The topological polar surface area (TPSA) is 56.7 Å². The van der Waals surface area contributed by atoms with E-state index in [0.29, 0.717) is 6.04 Å². The number of hydrogen-bond acceptors (Lipinski definition) is 3. The number of nitrogens with zero attached hydrogens (tertiary/aromatic N) is 3. The maximum atomic E-state index is 6.23. The zero-order chi connectivity index (χ0) is 14.5. The van der Waals surface area contributed by atoms with Crippen molar-refractivity contribution in [1.29, 1.82) is 0 Å². The molecule has 108 valence electrons. The monoisotopic (exact) mass is 272 g/mol. The molecule has 0 saturated heterocycles. The molecule has 2 N–H and O–H groups in total. The van der Waals surface area contributed by atoms with Crippen molar-refractivity contribution < 1.29 is 0 Å². The third-order valence-corrected chi connectivity index (χ3v) is 3.51. The molecule has 0 aliphatic heterocycles. The lowest BCUT2D eigenvalue weighted by molar-refractivity contribution is 0.484. The van der Waals surface area contributed by atoms with Crippen molar-refractivity contribution in [3.05, 3.63) is 47.5 Å². The Bertz CT molecular complexity index is 528. The van der Waals surface area contributed by atoms with Crippen molar-refractivity contribution in [2.75, 3.05) is 0 Å². The van der Waals surface area contributed by atoms with Gasteiger partial charge in [-0.2, -0.15) is 5.10 Å². The highest BCUT2D eigenvalue weighted by Crippen LogP contribution is 2.11. The van der Waals surface area contributed by atoms with E-state index in [9.17, 15) is 0 Å². The SMILES string of the molecule is Cc1ccc(CCC(N)Cc2ncnn2C(C)C)cc1. The maximum Gasteiger partial charge on any atom is 0.138 e. The molecule has 1 aromatic heterocycles. The second-order valence-electron chi connectivity index (χ2n) is 5.70. The normalized spacial score (nSPS) is 12.8. The Labute approximate surface area is 121 Å². The van der Waals surface area contributed by atoms with E-state index in [4.69, 9.17) is 5.73 Å². The van der Waals surface area contributed by atoms with Crippen LogP contribution < -0.4 is 5.73 Å². The molecule has 0 radical (unpaired) electrons. The molecule has 2 aromatic rings. The second kappa shape index (κ2) is 6.66. The first-order valence-electron chi connectivity index (χ1n) is 7.25. The highest BCUT2D eigenvalue weighted by atomic mass is 15.3. The van der Waals surface area contributed by atoms with E-state index >= 15 is 0 Å². The molecule has 20 heavy (non-hydrogen) atoms. The van der Waals surface area contributed by atoms with Gasteiger partial charge in [0.2, 0.25) is 0 Å².